The van der Waals surface area contributed by atoms with Gasteiger partial charge in [0.2, 0.25) is 0 Å². The maximum Gasteiger partial charge on any atom is 0.252 e. The lowest BCUT2D eigenvalue weighted by atomic mass is 10.0. The van der Waals surface area contributed by atoms with Gasteiger partial charge in [-0.3, -0.25) is 14.7 Å². The Morgan fingerprint density at radius 1 is 1.47 bits per heavy atom. The molecule has 5 heteroatoms. The zero-order valence-corrected chi connectivity index (χ0v) is 11.3. The van der Waals surface area contributed by atoms with Gasteiger partial charge in [-0.1, -0.05) is 6.07 Å². The molecule has 2 aliphatic rings. The van der Waals surface area contributed by atoms with Gasteiger partial charge in [-0.05, 0) is 11.6 Å². The number of aromatic nitrogens is 1. The van der Waals surface area contributed by atoms with E-state index >= 15 is 0 Å². The molecule has 3 rings (SSSR count). The van der Waals surface area contributed by atoms with Crippen molar-refractivity contribution in [3.63, 3.8) is 0 Å². The van der Waals surface area contributed by atoms with Crippen LogP contribution >= 0.6 is 0 Å². The van der Waals surface area contributed by atoms with Gasteiger partial charge in [-0.2, -0.15) is 0 Å². The molecule has 2 fully saturated rings. The molecule has 1 aromatic heterocycles. The van der Waals surface area contributed by atoms with Gasteiger partial charge in [0, 0.05) is 52.1 Å². The van der Waals surface area contributed by atoms with Gasteiger partial charge in [0.25, 0.3) is 5.91 Å². The molecule has 0 spiro atoms. The molecule has 2 saturated heterocycles. The maximum absolute atomic E-state index is 12.0. The Morgan fingerprint density at radius 3 is 3.00 bits per heavy atom. The molecule has 3 atom stereocenters. The number of pyridine rings is 1. The lowest BCUT2D eigenvalue weighted by Gasteiger charge is -2.21. The van der Waals surface area contributed by atoms with Crippen molar-refractivity contribution in [2.24, 2.45) is 5.92 Å². The molecular weight excluding hydrogens is 242 g/mol. The van der Waals surface area contributed by atoms with E-state index in [0.717, 1.165) is 19.6 Å². The molecule has 19 heavy (non-hydrogen) atoms. The largest absolute Gasteiger partial charge is 0.371 e. The van der Waals surface area contributed by atoms with E-state index in [1.165, 1.54) is 5.56 Å². The minimum Gasteiger partial charge on any atom is -0.371 e. The summed E-state index contributed by atoms with van der Waals surface area (Å²) in [7, 11) is 3.51. The molecule has 2 aliphatic heterocycles. The minimum atomic E-state index is -0.270. The first-order valence-electron chi connectivity index (χ1n) is 6.61. The summed E-state index contributed by atoms with van der Waals surface area (Å²) in [4.78, 5) is 20.4. The monoisotopic (exact) mass is 261 g/mol. The third-order valence-electron chi connectivity index (χ3n) is 4.27. The maximum atomic E-state index is 12.0. The van der Waals surface area contributed by atoms with Gasteiger partial charge < -0.3 is 9.64 Å². The SMILES string of the molecule is CO[C@@H]1C(=O)N(C)[C@@H]2CN(Cc3cccnc3)C[C@H]12. The van der Waals surface area contributed by atoms with E-state index in [4.69, 9.17) is 4.74 Å². The predicted octanol–water partition coefficient (Wildman–Crippen LogP) is 0.369. The molecule has 0 N–H and O–H groups in total. The second-order valence-corrected chi connectivity index (χ2v) is 5.39. The first-order chi connectivity index (χ1) is 9.20. The molecule has 0 aromatic carbocycles. The van der Waals surface area contributed by atoms with Crippen LogP contribution in [0.15, 0.2) is 24.5 Å². The van der Waals surface area contributed by atoms with E-state index in [-0.39, 0.29) is 18.1 Å². The third-order valence-corrected chi connectivity index (χ3v) is 4.27. The summed E-state index contributed by atoms with van der Waals surface area (Å²) in [6, 6.07) is 4.33. The fourth-order valence-corrected chi connectivity index (χ4v) is 3.30. The molecule has 5 nitrogen and oxygen atoms in total. The summed E-state index contributed by atoms with van der Waals surface area (Å²) >= 11 is 0. The Bertz CT molecular complexity index is 465. The Balaban J connectivity index is 1.69. The molecule has 0 aliphatic carbocycles. The zero-order valence-electron chi connectivity index (χ0n) is 11.3. The summed E-state index contributed by atoms with van der Waals surface area (Å²) in [5.41, 5.74) is 1.21. The van der Waals surface area contributed by atoms with Gasteiger partial charge in [0.05, 0.1) is 6.04 Å². The van der Waals surface area contributed by atoms with E-state index in [1.807, 2.05) is 24.2 Å². The van der Waals surface area contributed by atoms with Crippen molar-refractivity contribution in [2.75, 3.05) is 27.2 Å². The molecule has 0 bridgehead atoms. The van der Waals surface area contributed by atoms with Crippen molar-refractivity contribution in [1.82, 2.24) is 14.8 Å². The van der Waals surface area contributed by atoms with Crippen molar-refractivity contribution >= 4 is 5.91 Å². The van der Waals surface area contributed by atoms with Crippen molar-refractivity contribution in [1.29, 1.82) is 0 Å². The fourth-order valence-electron chi connectivity index (χ4n) is 3.30. The normalized spacial score (nSPS) is 30.9. The standard InChI is InChI=1S/C14H19N3O2/c1-16-12-9-17(7-10-4-3-5-15-6-10)8-11(12)13(19-2)14(16)18/h3-6,11-13H,7-9H2,1-2H3/t11-,12+,13-/m0/s1. The van der Waals surface area contributed by atoms with Crippen molar-refractivity contribution < 1.29 is 9.53 Å². The highest BCUT2D eigenvalue weighted by Gasteiger charge is 2.51. The van der Waals surface area contributed by atoms with Crippen LogP contribution in [-0.4, -0.2) is 60.1 Å². The highest BCUT2D eigenvalue weighted by Crippen LogP contribution is 2.33. The summed E-state index contributed by atoms with van der Waals surface area (Å²) in [5, 5.41) is 0. The van der Waals surface area contributed by atoms with Crippen molar-refractivity contribution in [3.05, 3.63) is 30.1 Å². The van der Waals surface area contributed by atoms with Gasteiger partial charge in [-0.15, -0.1) is 0 Å². The average molecular weight is 261 g/mol. The molecule has 1 aromatic rings. The quantitative estimate of drug-likeness (QED) is 0.788. The summed E-state index contributed by atoms with van der Waals surface area (Å²) in [5.74, 6) is 0.415. The summed E-state index contributed by atoms with van der Waals surface area (Å²) in [6.45, 7) is 2.72. The predicted molar refractivity (Wildman–Crippen MR) is 70.4 cm³/mol. The highest BCUT2D eigenvalue weighted by atomic mass is 16.5. The minimum absolute atomic E-state index is 0.124. The number of methoxy groups -OCH3 is 1. The molecule has 0 unspecified atom stereocenters. The second-order valence-electron chi connectivity index (χ2n) is 5.39. The van der Waals surface area contributed by atoms with Gasteiger partial charge >= 0.3 is 0 Å². The van der Waals surface area contributed by atoms with Gasteiger partial charge in [0.15, 0.2) is 0 Å². The van der Waals surface area contributed by atoms with Crippen LogP contribution in [0.5, 0.6) is 0 Å². The number of carbonyl (C=O) groups excluding carboxylic acids is 1. The van der Waals surface area contributed by atoms with E-state index < -0.39 is 0 Å². The molecule has 102 valence electrons. The van der Waals surface area contributed by atoms with Crippen LogP contribution in [0, 0.1) is 5.92 Å². The Kier molecular flexibility index (Phi) is 3.24. The number of rotatable bonds is 3. The number of carbonyl (C=O) groups is 1. The zero-order chi connectivity index (χ0) is 13.4. The second kappa shape index (κ2) is 4.90. The van der Waals surface area contributed by atoms with Crippen LogP contribution in [0.4, 0.5) is 0 Å². The summed E-state index contributed by atoms with van der Waals surface area (Å²) < 4.78 is 5.38. The van der Waals surface area contributed by atoms with E-state index in [0.29, 0.717) is 5.92 Å². The molecule has 3 heterocycles. The first-order valence-corrected chi connectivity index (χ1v) is 6.61. The number of likely N-dealkylation sites (tertiary alicyclic amines) is 2. The fraction of sp³-hybridized carbons (Fsp3) is 0.571. The van der Waals surface area contributed by atoms with Crippen molar-refractivity contribution in [3.8, 4) is 0 Å². The number of fused-ring (bicyclic) bond motifs is 1. The lowest BCUT2D eigenvalue weighted by molar-refractivity contribution is -0.136. The summed E-state index contributed by atoms with van der Waals surface area (Å²) in [6.07, 6.45) is 3.42. The topological polar surface area (TPSA) is 45.7 Å². The van der Waals surface area contributed by atoms with E-state index in [9.17, 15) is 4.79 Å². The molecular formula is C14H19N3O2. The van der Waals surface area contributed by atoms with Gasteiger partial charge in [0.1, 0.15) is 6.10 Å². The highest BCUT2D eigenvalue weighted by molar-refractivity contribution is 5.84. The number of hydrogen-bond acceptors (Lipinski definition) is 4. The smallest absolute Gasteiger partial charge is 0.252 e. The van der Waals surface area contributed by atoms with Crippen molar-refractivity contribution in [2.45, 2.75) is 18.7 Å². The molecule has 1 amide bonds. The third kappa shape index (κ3) is 2.13. The average Bonchev–Trinajstić information content (AvgIpc) is 2.91. The van der Waals surface area contributed by atoms with Crippen LogP contribution in [0.25, 0.3) is 0 Å². The first kappa shape index (κ1) is 12.6. The Hall–Kier alpha value is -1.46. The van der Waals surface area contributed by atoms with Gasteiger partial charge in [-0.25, -0.2) is 0 Å². The number of amides is 1. The van der Waals surface area contributed by atoms with Crippen LogP contribution in [0.1, 0.15) is 5.56 Å². The molecule has 0 saturated carbocycles. The Labute approximate surface area is 113 Å². The van der Waals surface area contributed by atoms with Crippen LogP contribution < -0.4 is 0 Å². The number of ether oxygens (including phenoxy) is 1. The number of nitrogens with zero attached hydrogens (tertiary/aromatic N) is 3. The van der Waals surface area contributed by atoms with Crippen LogP contribution in [0.3, 0.4) is 0 Å². The lowest BCUT2D eigenvalue weighted by Crippen LogP contribution is -2.36. The molecule has 0 radical (unpaired) electrons. The number of likely N-dealkylation sites (N-methyl/N-ethyl adjacent to an activating group) is 1. The Morgan fingerprint density at radius 2 is 2.32 bits per heavy atom. The van der Waals surface area contributed by atoms with E-state index in [2.05, 4.69) is 16.0 Å². The van der Waals surface area contributed by atoms with Crippen LogP contribution in [-0.2, 0) is 16.1 Å². The van der Waals surface area contributed by atoms with E-state index in [1.54, 1.807) is 13.3 Å². The van der Waals surface area contributed by atoms with Crippen LogP contribution in [0.2, 0.25) is 0 Å². The number of hydrogen-bond donors (Lipinski definition) is 0.